The number of benzene rings is 1. The smallest absolute Gasteiger partial charge is 0.343 e. The monoisotopic (exact) mass is 207 g/mol. The van der Waals surface area contributed by atoms with Gasteiger partial charge in [0.15, 0.2) is 0 Å². The minimum Gasteiger partial charge on any atom is -0.458 e. The molecule has 0 aliphatic carbocycles. The van der Waals surface area contributed by atoms with Gasteiger partial charge in [-0.1, -0.05) is 30.3 Å². The van der Waals surface area contributed by atoms with Crippen LogP contribution < -0.4 is 0 Å². The van der Waals surface area contributed by atoms with Crippen molar-refractivity contribution in [1.29, 1.82) is 0 Å². The van der Waals surface area contributed by atoms with E-state index in [1.54, 1.807) is 51.1 Å². The number of hydrogen-bond acceptors (Lipinski definition) is 2. The van der Waals surface area contributed by atoms with Crippen LogP contribution >= 0.6 is 0 Å². The topological polar surface area (TPSA) is 46.2 Å². The van der Waals surface area contributed by atoms with Crippen molar-refractivity contribution in [2.24, 2.45) is 0 Å². The van der Waals surface area contributed by atoms with E-state index in [0.29, 0.717) is 5.56 Å². The number of esters is 1. The molecule has 0 aliphatic rings. The minimum atomic E-state index is -1.45. The highest BCUT2D eigenvalue weighted by Crippen LogP contribution is 2.18. The highest BCUT2D eigenvalue weighted by atomic mass is 16.6. The van der Waals surface area contributed by atoms with E-state index in [2.05, 4.69) is 0 Å². The van der Waals surface area contributed by atoms with Crippen molar-refractivity contribution in [3.05, 3.63) is 35.9 Å². The maximum absolute atomic E-state index is 11.6. The van der Waals surface area contributed by atoms with E-state index >= 15 is 0 Å². The molecule has 0 fully saturated rings. The third kappa shape index (κ3) is 3.72. The molecule has 0 aliphatic heterocycles. The molecule has 15 heavy (non-hydrogen) atoms. The van der Waals surface area contributed by atoms with Crippen molar-refractivity contribution in [2.45, 2.75) is 32.5 Å². The quantitative estimate of drug-likeness (QED) is 0.699. The molecule has 81 valence electrons. The van der Waals surface area contributed by atoms with Gasteiger partial charge in [0, 0.05) is 0 Å². The van der Waals surface area contributed by atoms with Gasteiger partial charge in [-0.15, -0.1) is 0 Å². The molecule has 3 heteroatoms. The maximum Gasteiger partial charge on any atom is 0.343 e. The van der Waals surface area contributed by atoms with Crippen molar-refractivity contribution in [3.8, 4) is 0 Å². The summed E-state index contributed by atoms with van der Waals surface area (Å²) in [6.45, 7) is 5.22. The molecular weight excluding hydrogens is 192 g/mol. The fourth-order valence-electron chi connectivity index (χ4n) is 1.12. The normalized spacial score (nSPS) is 13.3. The van der Waals surface area contributed by atoms with Crippen LogP contribution in [0.1, 0.15) is 32.4 Å². The van der Waals surface area contributed by atoms with Crippen molar-refractivity contribution in [2.75, 3.05) is 0 Å². The average Bonchev–Trinajstić information content (AvgIpc) is 2.15. The van der Waals surface area contributed by atoms with E-state index in [-0.39, 0.29) is 0 Å². The molecule has 1 aromatic carbocycles. The Morgan fingerprint density at radius 1 is 1.20 bits per heavy atom. The van der Waals surface area contributed by atoms with Gasteiger partial charge in [-0.05, 0) is 26.3 Å². The molecule has 0 N–H and O–H groups in total. The van der Waals surface area contributed by atoms with E-state index in [0.717, 1.165) is 0 Å². The second-order valence-corrected chi connectivity index (χ2v) is 4.32. The third-order valence-corrected chi connectivity index (χ3v) is 1.72. The molecule has 1 unspecified atom stereocenters. The standard InChI is InChI=1S/C12H15O3/c1-12(2,3)15-11(14)10(13)9-7-5-4-6-8-9/h4-8,10H,1-3H3. The van der Waals surface area contributed by atoms with Gasteiger partial charge in [-0.3, -0.25) is 0 Å². The summed E-state index contributed by atoms with van der Waals surface area (Å²) in [6, 6.07) is 8.50. The van der Waals surface area contributed by atoms with Crippen LogP contribution in [0, 0.1) is 0 Å². The van der Waals surface area contributed by atoms with Gasteiger partial charge in [0.25, 0.3) is 0 Å². The first-order valence-electron chi connectivity index (χ1n) is 4.84. The van der Waals surface area contributed by atoms with Crippen molar-refractivity contribution >= 4 is 5.97 Å². The van der Waals surface area contributed by atoms with E-state index < -0.39 is 17.7 Å². The van der Waals surface area contributed by atoms with Crippen molar-refractivity contribution in [3.63, 3.8) is 0 Å². The van der Waals surface area contributed by atoms with Gasteiger partial charge in [-0.2, -0.15) is 0 Å². The fourth-order valence-corrected chi connectivity index (χ4v) is 1.12. The Morgan fingerprint density at radius 3 is 2.20 bits per heavy atom. The van der Waals surface area contributed by atoms with Crippen LogP contribution in [0.3, 0.4) is 0 Å². The zero-order chi connectivity index (χ0) is 11.5. The number of carbonyl (C=O) groups excluding carboxylic acids is 1. The van der Waals surface area contributed by atoms with Crippen molar-refractivity contribution < 1.29 is 14.6 Å². The molecule has 0 saturated carbocycles. The van der Waals surface area contributed by atoms with Gasteiger partial charge < -0.3 is 4.74 Å². The lowest BCUT2D eigenvalue weighted by Crippen LogP contribution is -2.27. The van der Waals surface area contributed by atoms with Crippen LogP contribution in [0.5, 0.6) is 0 Å². The zero-order valence-corrected chi connectivity index (χ0v) is 9.19. The van der Waals surface area contributed by atoms with Crippen LogP contribution in [0.25, 0.3) is 0 Å². The van der Waals surface area contributed by atoms with Gasteiger partial charge in [0.2, 0.25) is 6.10 Å². The Hall–Kier alpha value is -1.35. The molecule has 1 aromatic rings. The van der Waals surface area contributed by atoms with E-state index in [4.69, 9.17) is 4.74 Å². The van der Waals surface area contributed by atoms with Crippen LogP contribution in [-0.4, -0.2) is 11.6 Å². The largest absolute Gasteiger partial charge is 0.458 e. The highest BCUT2D eigenvalue weighted by molar-refractivity contribution is 5.76. The second kappa shape index (κ2) is 4.45. The molecule has 0 saturated heterocycles. The van der Waals surface area contributed by atoms with Gasteiger partial charge in [-0.25, -0.2) is 9.90 Å². The molecule has 3 nitrogen and oxygen atoms in total. The lowest BCUT2D eigenvalue weighted by molar-refractivity contribution is -0.169. The minimum absolute atomic E-state index is 0.437. The van der Waals surface area contributed by atoms with Crippen LogP contribution in [0.4, 0.5) is 0 Å². The average molecular weight is 207 g/mol. The summed E-state index contributed by atoms with van der Waals surface area (Å²) in [5.74, 6) is -0.728. The SMILES string of the molecule is CC(C)(C)OC(=O)C([O])c1ccccc1. The Balaban J connectivity index is 2.70. The Kier molecular flexibility index (Phi) is 3.48. The Morgan fingerprint density at radius 2 is 1.73 bits per heavy atom. The molecule has 0 spiro atoms. The van der Waals surface area contributed by atoms with Crippen LogP contribution in [0.2, 0.25) is 0 Å². The Bertz CT molecular complexity index is 324. The molecule has 0 bridgehead atoms. The van der Waals surface area contributed by atoms with E-state index in [9.17, 15) is 9.90 Å². The second-order valence-electron chi connectivity index (χ2n) is 4.32. The zero-order valence-electron chi connectivity index (χ0n) is 9.19. The number of hydrogen-bond donors (Lipinski definition) is 0. The lowest BCUT2D eigenvalue weighted by atomic mass is 10.1. The van der Waals surface area contributed by atoms with E-state index in [1.807, 2.05) is 0 Å². The fraction of sp³-hybridized carbons (Fsp3) is 0.417. The number of carbonyl (C=O) groups is 1. The summed E-state index contributed by atoms with van der Waals surface area (Å²) >= 11 is 0. The van der Waals surface area contributed by atoms with Crippen LogP contribution in [-0.2, 0) is 14.6 Å². The molecule has 1 atom stereocenters. The van der Waals surface area contributed by atoms with Gasteiger partial charge >= 0.3 is 5.97 Å². The molecule has 1 rings (SSSR count). The predicted octanol–water partition coefficient (Wildman–Crippen LogP) is 2.50. The summed E-state index contributed by atoms with van der Waals surface area (Å²) < 4.78 is 5.00. The van der Waals surface area contributed by atoms with E-state index in [1.165, 1.54) is 0 Å². The maximum atomic E-state index is 11.6. The van der Waals surface area contributed by atoms with Gasteiger partial charge in [0.05, 0.1) is 0 Å². The molecule has 1 radical (unpaired) electrons. The highest BCUT2D eigenvalue weighted by Gasteiger charge is 2.25. The first kappa shape index (κ1) is 11.7. The summed E-state index contributed by atoms with van der Waals surface area (Å²) in [5.41, 5.74) is -0.180. The number of ether oxygens (including phenoxy) is 1. The predicted molar refractivity (Wildman–Crippen MR) is 55.7 cm³/mol. The summed E-state index contributed by atoms with van der Waals surface area (Å²) in [6.07, 6.45) is -1.45. The summed E-state index contributed by atoms with van der Waals surface area (Å²) in [4.78, 5) is 11.4. The Labute approximate surface area is 89.7 Å². The lowest BCUT2D eigenvalue weighted by Gasteiger charge is -2.20. The summed E-state index contributed by atoms with van der Waals surface area (Å²) in [5, 5.41) is 11.6. The van der Waals surface area contributed by atoms with Crippen LogP contribution in [0.15, 0.2) is 30.3 Å². The first-order chi connectivity index (χ1) is 6.90. The van der Waals surface area contributed by atoms with Gasteiger partial charge in [0.1, 0.15) is 5.60 Å². The third-order valence-electron chi connectivity index (χ3n) is 1.72. The molecule has 0 heterocycles. The molecule has 0 aromatic heterocycles. The van der Waals surface area contributed by atoms with Crippen molar-refractivity contribution in [1.82, 2.24) is 0 Å². The first-order valence-corrected chi connectivity index (χ1v) is 4.84. The summed E-state index contributed by atoms with van der Waals surface area (Å²) in [7, 11) is 0. The molecule has 0 amide bonds. The number of rotatable bonds is 2. The molecular formula is C12H15O3.